The third kappa shape index (κ3) is 11.4. The lowest BCUT2D eigenvalue weighted by Gasteiger charge is -2.27. The normalized spacial score (nSPS) is 12.6. The van der Waals surface area contributed by atoms with Crippen LogP contribution in [0.1, 0.15) is 43.9 Å². The zero-order valence-corrected chi connectivity index (χ0v) is 36.6. The van der Waals surface area contributed by atoms with Crippen LogP contribution in [0.5, 0.6) is 17.2 Å². The maximum Gasteiger partial charge on any atom is 0.404 e. The van der Waals surface area contributed by atoms with Crippen molar-refractivity contribution in [3.63, 3.8) is 0 Å². The van der Waals surface area contributed by atoms with Crippen LogP contribution in [0.4, 0.5) is 4.79 Å². The molecule has 0 bridgehead atoms. The van der Waals surface area contributed by atoms with Gasteiger partial charge in [0.15, 0.2) is 0 Å². The monoisotopic (exact) mass is 947 g/mol. The van der Waals surface area contributed by atoms with Gasteiger partial charge in [-0.05, 0) is 105 Å². The first-order valence-corrected chi connectivity index (χ1v) is 21.9. The molecule has 1 heterocycles. The van der Waals surface area contributed by atoms with E-state index in [1.54, 1.807) is 67.8 Å². The smallest absolute Gasteiger partial charge is 0.404 e. The molecule has 3 N–H and O–H groups in total. The lowest BCUT2D eigenvalue weighted by molar-refractivity contribution is 0.184. The third-order valence-corrected chi connectivity index (χ3v) is 13.2. The number of methoxy groups -OCH3 is 3. The molecule has 0 saturated carbocycles. The standard InChI is InChI=1S/C39H46IN7O9S2/c1-39(2,3)21-29(42-38(48)49)22-41-57(50,51)34-20-19-33(40)35(37-43-45-47(44-37)25-28-11-17-32(56-6)18-12-28)36(34)58(52,53)46(23-26-7-13-30(54-4)14-8-26)24-27-9-15-31(55-5)16-10-27/h7-20,29,41-42H,21-25H2,1-6H3,(H,48,49)/t29-/m0/s1. The van der Waals surface area contributed by atoms with Crippen molar-refractivity contribution in [1.29, 1.82) is 0 Å². The molecule has 58 heavy (non-hydrogen) atoms. The van der Waals surface area contributed by atoms with Gasteiger partial charge >= 0.3 is 6.09 Å². The van der Waals surface area contributed by atoms with Crippen molar-refractivity contribution in [3.05, 3.63) is 105 Å². The van der Waals surface area contributed by atoms with Gasteiger partial charge in [-0.25, -0.2) is 26.4 Å². The van der Waals surface area contributed by atoms with Crippen molar-refractivity contribution in [3.8, 4) is 28.6 Å². The van der Waals surface area contributed by atoms with Crippen LogP contribution in [0.3, 0.4) is 0 Å². The van der Waals surface area contributed by atoms with Gasteiger partial charge in [-0.2, -0.15) is 9.10 Å². The molecule has 0 fully saturated rings. The number of tetrazole rings is 1. The Balaban J connectivity index is 1.68. The minimum absolute atomic E-state index is 0.0752. The average molecular weight is 948 g/mol. The van der Waals surface area contributed by atoms with E-state index in [1.165, 1.54) is 35.5 Å². The molecule has 5 aromatic rings. The molecule has 310 valence electrons. The van der Waals surface area contributed by atoms with Crippen LogP contribution in [-0.2, 0) is 39.7 Å². The van der Waals surface area contributed by atoms with Crippen LogP contribution in [0.2, 0.25) is 0 Å². The summed E-state index contributed by atoms with van der Waals surface area (Å²) in [5, 5.41) is 24.9. The van der Waals surface area contributed by atoms with Crippen LogP contribution >= 0.6 is 22.6 Å². The number of benzene rings is 4. The summed E-state index contributed by atoms with van der Waals surface area (Å²) in [5.41, 5.74) is 1.55. The maximum atomic E-state index is 15.4. The van der Waals surface area contributed by atoms with Crippen molar-refractivity contribution >= 4 is 48.7 Å². The van der Waals surface area contributed by atoms with Gasteiger partial charge in [-0.15, -0.1) is 10.2 Å². The highest BCUT2D eigenvalue weighted by atomic mass is 127. The molecule has 1 aromatic heterocycles. The summed E-state index contributed by atoms with van der Waals surface area (Å²) in [6, 6.07) is 22.7. The van der Waals surface area contributed by atoms with E-state index in [0.29, 0.717) is 31.9 Å². The molecule has 0 saturated heterocycles. The Morgan fingerprint density at radius 2 is 1.31 bits per heavy atom. The Bertz CT molecular complexity index is 2360. The highest BCUT2D eigenvalue weighted by Gasteiger charge is 2.37. The third-order valence-electron chi connectivity index (χ3n) is 8.86. The van der Waals surface area contributed by atoms with E-state index >= 15 is 8.42 Å². The molecule has 1 atom stereocenters. The van der Waals surface area contributed by atoms with E-state index in [4.69, 9.17) is 14.2 Å². The van der Waals surface area contributed by atoms with Crippen LogP contribution in [0, 0.1) is 8.99 Å². The number of carbonyl (C=O) groups is 1. The molecule has 0 spiro atoms. The summed E-state index contributed by atoms with van der Waals surface area (Å²) < 4.78 is 79.7. The highest BCUT2D eigenvalue weighted by molar-refractivity contribution is 14.1. The molecule has 0 aliphatic carbocycles. The number of sulfonamides is 2. The molecular weight excluding hydrogens is 902 g/mol. The number of carboxylic acid groups (broad SMARTS) is 1. The molecule has 0 aliphatic heterocycles. The van der Waals surface area contributed by atoms with Gasteiger partial charge in [-0.3, -0.25) is 0 Å². The molecule has 4 aromatic carbocycles. The number of nitrogens with one attached hydrogen (secondary N) is 2. The summed E-state index contributed by atoms with van der Waals surface area (Å²) in [6.45, 7) is 5.16. The zero-order valence-electron chi connectivity index (χ0n) is 32.8. The Morgan fingerprint density at radius 1 is 0.810 bits per heavy atom. The average Bonchev–Trinajstić information content (AvgIpc) is 3.64. The highest BCUT2D eigenvalue weighted by Crippen LogP contribution is 2.38. The molecular formula is C39H46IN7O9S2. The van der Waals surface area contributed by atoms with Crippen LogP contribution in [0.15, 0.2) is 94.7 Å². The molecule has 16 nitrogen and oxygen atoms in total. The van der Waals surface area contributed by atoms with E-state index in [1.807, 2.05) is 55.5 Å². The number of amides is 1. The van der Waals surface area contributed by atoms with E-state index in [-0.39, 0.29) is 49.4 Å². The van der Waals surface area contributed by atoms with Gasteiger partial charge in [0.25, 0.3) is 0 Å². The molecule has 19 heteroatoms. The first-order chi connectivity index (χ1) is 27.4. The van der Waals surface area contributed by atoms with Gasteiger partial charge in [0, 0.05) is 29.2 Å². The molecule has 1 amide bonds. The van der Waals surface area contributed by atoms with Gasteiger partial charge < -0.3 is 24.6 Å². The first-order valence-electron chi connectivity index (χ1n) is 17.9. The number of hydrogen-bond acceptors (Lipinski definition) is 11. The van der Waals surface area contributed by atoms with Crippen LogP contribution in [-0.4, -0.2) is 86.5 Å². The molecule has 0 unspecified atom stereocenters. The second-order valence-corrected chi connectivity index (χ2v) is 19.2. The fraction of sp³-hybridized carbons (Fsp3) is 0.333. The largest absolute Gasteiger partial charge is 0.497 e. The van der Waals surface area contributed by atoms with E-state index in [9.17, 15) is 18.3 Å². The lowest BCUT2D eigenvalue weighted by Crippen LogP contribution is -2.45. The minimum atomic E-state index is -4.78. The molecule has 0 radical (unpaired) electrons. The summed E-state index contributed by atoms with van der Waals surface area (Å²) in [4.78, 5) is 11.8. The number of halogens is 1. The Morgan fingerprint density at radius 3 is 1.78 bits per heavy atom. The van der Waals surface area contributed by atoms with Gasteiger partial charge in [0.05, 0.1) is 33.4 Å². The first kappa shape index (κ1) is 44.3. The van der Waals surface area contributed by atoms with Gasteiger partial charge in [0.1, 0.15) is 27.0 Å². The van der Waals surface area contributed by atoms with Crippen LogP contribution < -0.4 is 24.2 Å². The fourth-order valence-corrected chi connectivity index (χ4v) is 10.5. The van der Waals surface area contributed by atoms with Crippen molar-refractivity contribution < 1.29 is 40.9 Å². The summed E-state index contributed by atoms with van der Waals surface area (Å²) >= 11 is 1.93. The predicted molar refractivity (Wildman–Crippen MR) is 225 cm³/mol. The van der Waals surface area contributed by atoms with Crippen molar-refractivity contribution in [2.75, 3.05) is 27.9 Å². The fourth-order valence-electron chi connectivity index (χ4n) is 6.12. The molecule has 0 aliphatic rings. The summed E-state index contributed by atoms with van der Waals surface area (Å²) in [7, 11) is -4.85. The topological polar surface area (TPSA) is 204 Å². The zero-order chi connectivity index (χ0) is 42.3. The second kappa shape index (κ2) is 18.8. The maximum absolute atomic E-state index is 15.4. The van der Waals surface area contributed by atoms with Crippen molar-refractivity contribution in [2.45, 2.75) is 62.7 Å². The Hall–Kier alpha value is -4.83. The summed E-state index contributed by atoms with van der Waals surface area (Å²) in [6.07, 6.45) is -1.05. The SMILES string of the molecule is COc1ccc(CN(Cc2ccc(OC)cc2)S(=O)(=O)c2c(S(=O)(=O)NC[C@H](CC(C)(C)C)NC(=O)O)ccc(I)c2-c2nnn(Cc3ccc(OC)cc3)n2)cc1. The Kier molecular flexibility index (Phi) is 14.4. The number of rotatable bonds is 18. The van der Waals surface area contributed by atoms with Gasteiger partial charge in [0.2, 0.25) is 25.9 Å². The molecule has 5 rings (SSSR count). The van der Waals surface area contributed by atoms with Crippen molar-refractivity contribution in [2.24, 2.45) is 5.41 Å². The van der Waals surface area contributed by atoms with Crippen molar-refractivity contribution in [1.82, 2.24) is 34.6 Å². The number of hydrogen-bond donors (Lipinski definition) is 3. The summed E-state index contributed by atoms with van der Waals surface area (Å²) in [5.74, 6) is 1.67. The quantitative estimate of drug-likeness (QED) is 0.0898. The van der Waals surface area contributed by atoms with E-state index in [0.717, 1.165) is 5.56 Å². The number of nitrogens with zero attached hydrogens (tertiary/aromatic N) is 5. The second-order valence-electron chi connectivity index (χ2n) is 14.5. The number of aromatic nitrogens is 4. The minimum Gasteiger partial charge on any atom is -0.497 e. The van der Waals surface area contributed by atoms with Gasteiger partial charge in [-0.1, -0.05) is 57.2 Å². The van der Waals surface area contributed by atoms with E-state index in [2.05, 4.69) is 25.4 Å². The van der Waals surface area contributed by atoms with Crippen LogP contribution in [0.25, 0.3) is 11.4 Å². The number of ether oxygens (including phenoxy) is 3. The predicted octanol–water partition coefficient (Wildman–Crippen LogP) is 5.76. The van der Waals surface area contributed by atoms with E-state index < -0.39 is 42.0 Å². The lowest BCUT2D eigenvalue weighted by atomic mass is 9.88. The Labute approximate surface area is 352 Å².